The van der Waals surface area contributed by atoms with E-state index in [-0.39, 0.29) is 17.5 Å². The minimum Gasteiger partial charge on any atom is -0.350 e. The van der Waals surface area contributed by atoms with Gasteiger partial charge in [0, 0.05) is 23.4 Å². The number of hydrogen-bond acceptors (Lipinski definition) is 6. The van der Waals surface area contributed by atoms with Gasteiger partial charge in [0.15, 0.2) is 9.84 Å². The van der Waals surface area contributed by atoms with Gasteiger partial charge < -0.3 is 10.6 Å². The van der Waals surface area contributed by atoms with Gasteiger partial charge in [-0.25, -0.2) is 13.4 Å². The maximum atomic E-state index is 11.8. The molecule has 28 heavy (non-hydrogen) atoms. The van der Waals surface area contributed by atoms with Crippen molar-refractivity contribution in [2.45, 2.75) is 19.4 Å². The van der Waals surface area contributed by atoms with Gasteiger partial charge in [-0.1, -0.05) is 48.0 Å². The smallest absolute Gasteiger partial charge is 0.225 e. The summed E-state index contributed by atoms with van der Waals surface area (Å²) in [5.41, 5.74) is 3.85. The number of anilines is 3. The van der Waals surface area contributed by atoms with Gasteiger partial charge in [-0.3, -0.25) is 0 Å². The Kier molecular flexibility index (Phi) is 5.00. The largest absolute Gasteiger partial charge is 0.350 e. The van der Waals surface area contributed by atoms with Gasteiger partial charge >= 0.3 is 0 Å². The number of benzene rings is 2. The summed E-state index contributed by atoms with van der Waals surface area (Å²) in [6, 6.07) is 19.6. The van der Waals surface area contributed by atoms with Crippen molar-refractivity contribution in [2.24, 2.45) is 0 Å². The minimum absolute atomic E-state index is 0.118. The maximum Gasteiger partial charge on any atom is 0.225 e. The highest BCUT2D eigenvalue weighted by atomic mass is 32.2. The van der Waals surface area contributed by atoms with Crippen LogP contribution in [0.25, 0.3) is 11.3 Å². The van der Waals surface area contributed by atoms with Crippen LogP contribution in [0.15, 0.2) is 60.7 Å². The molecule has 1 atom stereocenters. The van der Waals surface area contributed by atoms with E-state index in [1.807, 2.05) is 67.6 Å². The molecule has 2 aromatic carbocycles. The first-order valence-electron chi connectivity index (χ1n) is 9.22. The Balaban J connectivity index is 1.65. The predicted octanol–water partition coefficient (Wildman–Crippen LogP) is 3.79. The lowest BCUT2D eigenvalue weighted by molar-refractivity contribution is 0.602. The average molecular weight is 395 g/mol. The molecule has 3 aromatic rings. The van der Waals surface area contributed by atoms with Gasteiger partial charge in [0.05, 0.1) is 17.2 Å². The van der Waals surface area contributed by atoms with Crippen molar-refractivity contribution in [1.29, 1.82) is 0 Å². The maximum absolute atomic E-state index is 11.8. The summed E-state index contributed by atoms with van der Waals surface area (Å²) in [5, 5.41) is 6.51. The lowest BCUT2D eigenvalue weighted by atomic mass is 10.1. The second-order valence-electron chi connectivity index (χ2n) is 7.06. The minimum atomic E-state index is -2.97. The van der Waals surface area contributed by atoms with E-state index >= 15 is 0 Å². The highest BCUT2D eigenvalue weighted by Crippen LogP contribution is 2.25. The fraction of sp³-hybridized carbons (Fsp3) is 0.238. The molecule has 1 aromatic heterocycles. The van der Waals surface area contributed by atoms with E-state index in [1.165, 1.54) is 5.56 Å². The number of nitrogens with zero attached hydrogens (tertiary/aromatic N) is 2. The monoisotopic (exact) mass is 394 g/mol. The van der Waals surface area contributed by atoms with Crippen LogP contribution in [0.2, 0.25) is 0 Å². The van der Waals surface area contributed by atoms with Gasteiger partial charge in [-0.2, -0.15) is 4.98 Å². The van der Waals surface area contributed by atoms with E-state index in [0.717, 1.165) is 16.9 Å². The second-order valence-corrected chi connectivity index (χ2v) is 9.29. The van der Waals surface area contributed by atoms with Crippen LogP contribution in [0.3, 0.4) is 0 Å². The Labute approximate surface area is 165 Å². The van der Waals surface area contributed by atoms with Crippen LogP contribution in [-0.2, 0) is 9.84 Å². The van der Waals surface area contributed by atoms with Gasteiger partial charge in [-0.15, -0.1) is 0 Å². The number of nitrogens with one attached hydrogen (secondary N) is 2. The Morgan fingerprint density at radius 2 is 1.75 bits per heavy atom. The molecule has 0 amide bonds. The highest BCUT2D eigenvalue weighted by molar-refractivity contribution is 7.91. The van der Waals surface area contributed by atoms with Crippen LogP contribution < -0.4 is 10.6 Å². The van der Waals surface area contributed by atoms with Crippen molar-refractivity contribution in [1.82, 2.24) is 9.97 Å². The van der Waals surface area contributed by atoms with Crippen molar-refractivity contribution >= 4 is 27.3 Å². The lowest BCUT2D eigenvalue weighted by Gasteiger charge is -2.14. The zero-order chi connectivity index (χ0) is 19.6. The summed E-state index contributed by atoms with van der Waals surface area (Å²) >= 11 is 0. The van der Waals surface area contributed by atoms with Crippen LogP contribution in [-0.4, -0.2) is 35.9 Å². The van der Waals surface area contributed by atoms with E-state index in [1.54, 1.807) is 0 Å². The Hall–Kier alpha value is -2.93. The number of aryl methyl sites for hydroxylation is 1. The fourth-order valence-corrected chi connectivity index (χ4v) is 4.88. The molecular formula is C21H22N4O2S. The molecule has 6 nitrogen and oxygen atoms in total. The molecular weight excluding hydrogens is 372 g/mol. The number of rotatable bonds is 5. The van der Waals surface area contributed by atoms with E-state index < -0.39 is 9.84 Å². The number of aromatic nitrogens is 2. The molecule has 2 N–H and O–H groups in total. The lowest BCUT2D eigenvalue weighted by Crippen LogP contribution is -2.22. The first-order chi connectivity index (χ1) is 13.5. The zero-order valence-electron chi connectivity index (χ0n) is 15.6. The third kappa shape index (κ3) is 4.48. The van der Waals surface area contributed by atoms with Crippen LogP contribution >= 0.6 is 0 Å². The highest BCUT2D eigenvalue weighted by Gasteiger charge is 2.28. The molecule has 0 bridgehead atoms. The molecule has 1 aliphatic heterocycles. The summed E-state index contributed by atoms with van der Waals surface area (Å²) in [5.74, 6) is 1.41. The number of hydrogen-bond donors (Lipinski definition) is 2. The van der Waals surface area contributed by atoms with E-state index in [0.29, 0.717) is 18.2 Å². The third-order valence-corrected chi connectivity index (χ3v) is 6.45. The molecule has 7 heteroatoms. The molecule has 0 spiro atoms. The van der Waals surface area contributed by atoms with Crippen LogP contribution in [0.4, 0.5) is 17.5 Å². The van der Waals surface area contributed by atoms with Crippen molar-refractivity contribution in [3.05, 3.63) is 66.2 Å². The summed E-state index contributed by atoms with van der Waals surface area (Å²) in [4.78, 5) is 9.17. The van der Waals surface area contributed by atoms with Crippen LogP contribution in [0.5, 0.6) is 0 Å². The van der Waals surface area contributed by atoms with Crippen molar-refractivity contribution in [3.8, 4) is 11.3 Å². The average Bonchev–Trinajstić information content (AvgIpc) is 3.02. The van der Waals surface area contributed by atoms with Crippen molar-refractivity contribution < 1.29 is 8.42 Å². The zero-order valence-corrected chi connectivity index (χ0v) is 16.4. The first-order valence-corrected chi connectivity index (χ1v) is 11.0. The predicted molar refractivity (Wildman–Crippen MR) is 113 cm³/mol. The molecule has 2 heterocycles. The molecule has 0 saturated carbocycles. The molecule has 0 radical (unpaired) electrons. The van der Waals surface area contributed by atoms with Gasteiger partial charge in [0.2, 0.25) is 5.95 Å². The third-order valence-electron chi connectivity index (χ3n) is 4.69. The Morgan fingerprint density at radius 3 is 2.43 bits per heavy atom. The van der Waals surface area contributed by atoms with Crippen LogP contribution in [0.1, 0.15) is 12.0 Å². The van der Waals surface area contributed by atoms with Crippen molar-refractivity contribution in [2.75, 3.05) is 22.1 Å². The Morgan fingerprint density at radius 1 is 1.00 bits per heavy atom. The molecule has 4 rings (SSSR count). The molecule has 144 valence electrons. The summed E-state index contributed by atoms with van der Waals surface area (Å²) in [6.45, 7) is 2.04. The number of sulfone groups is 1. The van der Waals surface area contributed by atoms with Gasteiger partial charge in [-0.05, 0) is 25.5 Å². The second kappa shape index (κ2) is 7.59. The van der Waals surface area contributed by atoms with Gasteiger partial charge in [0.1, 0.15) is 5.82 Å². The summed E-state index contributed by atoms with van der Waals surface area (Å²) in [6.07, 6.45) is 0.571. The molecule has 0 aliphatic carbocycles. The van der Waals surface area contributed by atoms with E-state index in [4.69, 9.17) is 0 Å². The van der Waals surface area contributed by atoms with Crippen LogP contribution in [0, 0.1) is 6.92 Å². The van der Waals surface area contributed by atoms with E-state index in [2.05, 4.69) is 20.6 Å². The SMILES string of the molecule is Cc1ccc(Nc2cc(-c3ccccc3)nc(NC3CCS(=O)(=O)C3)n2)cc1. The molecule has 1 saturated heterocycles. The van der Waals surface area contributed by atoms with E-state index in [9.17, 15) is 8.42 Å². The summed E-state index contributed by atoms with van der Waals surface area (Å²) < 4.78 is 23.5. The quantitative estimate of drug-likeness (QED) is 0.685. The normalized spacial score (nSPS) is 18.0. The molecule has 1 aliphatic rings. The topological polar surface area (TPSA) is 84.0 Å². The molecule has 1 fully saturated rings. The first kappa shape index (κ1) is 18.4. The van der Waals surface area contributed by atoms with Crippen molar-refractivity contribution in [3.63, 3.8) is 0 Å². The molecule has 1 unspecified atom stereocenters. The Bertz CT molecular complexity index is 1070. The van der Waals surface area contributed by atoms with Gasteiger partial charge in [0.25, 0.3) is 0 Å². The summed E-state index contributed by atoms with van der Waals surface area (Å²) in [7, 11) is -2.97. The standard InChI is InChI=1S/C21H22N4O2S/c1-15-7-9-17(10-8-15)22-20-13-19(16-5-3-2-4-6-16)24-21(25-20)23-18-11-12-28(26,27)14-18/h2-10,13,18H,11-12,14H2,1H3,(H2,22,23,24,25). The fourth-order valence-electron chi connectivity index (χ4n) is 3.21.